The van der Waals surface area contributed by atoms with Gasteiger partial charge in [-0.2, -0.15) is 0 Å². The van der Waals surface area contributed by atoms with Gasteiger partial charge in [-0.15, -0.1) is 0 Å². The predicted molar refractivity (Wildman–Crippen MR) is 108 cm³/mol. The van der Waals surface area contributed by atoms with E-state index in [1.54, 1.807) is 0 Å². The quantitative estimate of drug-likeness (QED) is 0.549. The Bertz CT molecular complexity index is 608. The van der Waals surface area contributed by atoms with Gasteiger partial charge in [-0.05, 0) is 56.8 Å². The molecule has 0 bridgehead atoms. The third-order valence-electron chi connectivity index (χ3n) is 4.56. The molecule has 1 aromatic carbocycles. The Morgan fingerprint density at radius 2 is 1.96 bits per heavy atom. The van der Waals surface area contributed by atoms with Crippen molar-refractivity contribution in [2.75, 3.05) is 40.4 Å². The fraction of sp³-hybridized carbons (Fsp3) is 0.545. The molecule has 0 aromatic heterocycles. The number of unbranched alkanes of at least 4 members (excludes halogenated alkanes) is 2. The number of hydrogen-bond acceptors (Lipinski definition) is 4. The predicted octanol–water partition coefficient (Wildman–Crippen LogP) is 4.36. The molecule has 0 atom stereocenters. The van der Waals surface area contributed by atoms with Crippen LogP contribution in [0.4, 0.5) is 0 Å². The second-order valence-corrected chi connectivity index (χ2v) is 7.10. The van der Waals surface area contributed by atoms with Crippen LogP contribution in [0.15, 0.2) is 42.3 Å². The van der Waals surface area contributed by atoms with E-state index in [0.29, 0.717) is 6.61 Å². The van der Waals surface area contributed by atoms with Crippen molar-refractivity contribution in [2.24, 2.45) is 0 Å². The smallest absolute Gasteiger partial charge is 0.122 e. The van der Waals surface area contributed by atoms with Crippen molar-refractivity contribution in [2.45, 2.75) is 39.7 Å². The van der Waals surface area contributed by atoms with Crippen LogP contribution in [0.25, 0.3) is 0 Å². The van der Waals surface area contributed by atoms with Gasteiger partial charge in [-0.1, -0.05) is 31.9 Å². The van der Waals surface area contributed by atoms with Crippen molar-refractivity contribution in [1.82, 2.24) is 9.80 Å². The second-order valence-electron chi connectivity index (χ2n) is 7.10. The maximum Gasteiger partial charge on any atom is 0.122 e. The van der Waals surface area contributed by atoms with Gasteiger partial charge in [0.2, 0.25) is 0 Å². The van der Waals surface area contributed by atoms with E-state index in [2.05, 4.69) is 74.3 Å². The van der Waals surface area contributed by atoms with Crippen LogP contribution in [0.1, 0.15) is 37.3 Å². The molecule has 4 nitrogen and oxygen atoms in total. The zero-order valence-corrected chi connectivity index (χ0v) is 16.8. The van der Waals surface area contributed by atoms with Crippen LogP contribution in [-0.2, 0) is 11.3 Å². The SMILES string of the molecule is CCCCCOC1=CCN(Cc2cccc(OCCN(C)C)c2C)C=C1. The van der Waals surface area contributed by atoms with E-state index in [4.69, 9.17) is 9.47 Å². The van der Waals surface area contributed by atoms with Crippen molar-refractivity contribution in [3.05, 3.63) is 53.4 Å². The topological polar surface area (TPSA) is 24.9 Å². The van der Waals surface area contributed by atoms with E-state index in [-0.39, 0.29) is 0 Å². The average molecular weight is 359 g/mol. The van der Waals surface area contributed by atoms with Crippen molar-refractivity contribution >= 4 is 0 Å². The molecule has 0 saturated heterocycles. The van der Waals surface area contributed by atoms with Gasteiger partial charge in [0.25, 0.3) is 0 Å². The van der Waals surface area contributed by atoms with E-state index in [9.17, 15) is 0 Å². The van der Waals surface area contributed by atoms with Gasteiger partial charge < -0.3 is 19.3 Å². The average Bonchev–Trinajstić information content (AvgIpc) is 2.63. The summed E-state index contributed by atoms with van der Waals surface area (Å²) in [4.78, 5) is 4.43. The first kappa shape index (κ1) is 20.4. The third kappa shape index (κ3) is 6.75. The van der Waals surface area contributed by atoms with Gasteiger partial charge >= 0.3 is 0 Å². The van der Waals surface area contributed by atoms with Crippen LogP contribution in [0, 0.1) is 6.92 Å². The number of hydrogen-bond donors (Lipinski definition) is 0. The largest absolute Gasteiger partial charge is 0.494 e. The lowest BCUT2D eigenvalue weighted by molar-refractivity contribution is 0.211. The summed E-state index contributed by atoms with van der Waals surface area (Å²) in [5, 5.41) is 0. The second kappa shape index (κ2) is 10.9. The molecule has 0 spiro atoms. The summed E-state index contributed by atoms with van der Waals surface area (Å²) < 4.78 is 11.8. The molecule has 0 aliphatic carbocycles. The van der Waals surface area contributed by atoms with Crippen LogP contribution in [0.2, 0.25) is 0 Å². The van der Waals surface area contributed by atoms with Crippen LogP contribution in [0.5, 0.6) is 5.75 Å². The standard InChI is InChI=1S/C22H34N2O2/c1-5-6-7-16-25-21-11-13-24(14-12-21)18-20-9-8-10-22(19(20)2)26-17-15-23(3)4/h8-13H,5-7,14-18H2,1-4H3. The summed E-state index contributed by atoms with van der Waals surface area (Å²) in [5.41, 5.74) is 2.53. The first-order valence-electron chi connectivity index (χ1n) is 9.71. The number of benzene rings is 1. The zero-order valence-electron chi connectivity index (χ0n) is 16.8. The summed E-state index contributed by atoms with van der Waals surface area (Å²) in [7, 11) is 4.12. The summed E-state index contributed by atoms with van der Waals surface area (Å²) in [5.74, 6) is 1.98. The van der Waals surface area contributed by atoms with Crippen molar-refractivity contribution < 1.29 is 9.47 Å². The molecular formula is C22H34N2O2. The summed E-state index contributed by atoms with van der Waals surface area (Å²) in [6.07, 6.45) is 9.96. The fourth-order valence-electron chi connectivity index (χ4n) is 2.83. The Kier molecular flexibility index (Phi) is 8.56. The first-order chi connectivity index (χ1) is 12.6. The lowest BCUT2D eigenvalue weighted by Gasteiger charge is -2.24. The molecule has 0 saturated carbocycles. The highest BCUT2D eigenvalue weighted by Crippen LogP contribution is 2.23. The molecule has 0 N–H and O–H groups in total. The Morgan fingerprint density at radius 1 is 1.12 bits per heavy atom. The molecule has 144 valence electrons. The van der Waals surface area contributed by atoms with Gasteiger partial charge in [-0.3, -0.25) is 0 Å². The maximum atomic E-state index is 5.95. The van der Waals surface area contributed by atoms with E-state index < -0.39 is 0 Å². The zero-order chi connectivity index (χ0) is 18.8. The Hall–Kier alpha value is -1.94. The van der Waals surface area contributed by atoms with Crippen LogP contribution >= 0.6 is 0 Å². The highest BCUT2D eigenvalue weighted by molar-refractivity contribution is 5.39. The Morgan fingerprint density at radius 3 is 2.65 bits per heavy atom. The van der Waals surface area contributed by atoms with Gasteiger partial charge in [0.05, 0.1) is 6.61 Å². The van der Waals surface area contributed by atoms with E-state index in [0.717, 1.165) is 44.2 Å². The molecule has 1 heterocycles. The van der Waals surface area contributed by atoms with Gasteiger partial charge in [0, 0.05) is 25.8 Å². The number of allylic oxidation sites excluding steroid dienone is 1. The molecule has 26 heavy (non-hydrogen) atoms. The van der Waals surface area contributed by atoms with Gasteiger partial charge in [-0.25, -0.2) is 0 Å². The molecule has 0 amide bonds. The minimum absolute atomic E-state index is 0.711. The van der Waals surface area contributed by atoms with Gasteiger partial charge in [0.1, 0.15) is 18.1 Å². The number of ether oxygens (including phenoxy) is 2. The number of rotatable bonds is 11. The summed E-state index contributed by atoms with van der Waals surface area (Å²) in [6.45, 7) is 8.56. The maximum absolute atomic E-state index is 5.95. The van der Waals surface area contributed by atoms with Gasteiger partial charge in [0.15, 0.2) is 0 Å². The van der Waals surface area contributed by atoms with Crippen LogP contribution < -0.4 is 4.74 Å². The molecular weight excluding hydrogens is 324 g/mol. The van der Waals surface area contributed by atoms with E-state index in [1.165, 1.54) is 24.0 Å². The molecule has 4 heteroatoms. The first-order valence-corrected chi connectivity index (χ1v) is 9.71. The number of nitrogens with zero attached hydrogens (tertiary/aromatic N) is 2. The monoisotopic (exact) mass is 358 g/mol. The van der Waals surface area contributed by atoms with E-state index >= 15 is 0 Å². The van der Waals surface area contributed by atoms with Crippen LogP contribution in [0.3, 0.4) is 0 Å². The molecule has 1 aliphatic heterocycles. The molecule has 1 aromatic rings. The van der Waals surface area contributed by atoms with Crippen molar-refractivity contribution in [3.8, 4) is 5.75 Å². The van der Waals surface area contributed by atoms with E-state index in [1.807, 2.05) is 0 Å². The molecule has 0 radical (unpaired) electrons. The Balaban J connectivity index is 1.84. The Labute approximate surface area is 159 Å². The lowest BCUT2D eigenvalue weighted by atomic mass is 10.1. The van der Waals surface area contributed by atoms with Crippen molar-refractivity contribution in [3.63, 3.8) is 0 Å². The highest BCUT2D eigenvalue weighted by Gasteiger charge is 2.10. The van der Waals surface area contributed by atoms with Crippen LogP contribution in [-0.4, -0.2) is 50.2 Å². The molecule has 0 unspecified atom stereocenters. The molecule has 0 fully saturated rings. The third-order valence-corrected chi connectivity index (χ3v) is 4.56. The fourth-order valence-corrected chi connectivity index (χ4v) is 2.83. The summed E-state index contributed by atoms with van der Waals surface area (Å²) >= 11 is 0. The molecule has 2 rings (SSSR count). The minimum Gasteiger partial charge on any atom is -0.494 e. The number of likely N-dealkylation sites (N-methyl/N-ethyl adjacent to an activating group) is 1. The molecule has 1 aliphatic rings. The normalized spacial score (nSPS) is 13.9. The minimum atomic E-state index is 0.711. The highest BCUT2D eigenvalue weighted by atomic mass is 16.5. The summed E-state index contributed by atoms with van der Waals surface area (Å²) in [6, 6.07) is 6.32. The van der Waals surface area contributed by atoms with Crippen molar-refractivity contribution in [1.29, 1.82) is 0 Å². The lowest BCUT2D eigenvalue weighted by Crippen LogP contribution is -2.21.